The van der Waals surface area contributed by atoms with Crippen molar-refractivity contribution < 1.29 is 9.00 Å². The summed E-state index contributed by atoms with van der Waals surface area (Å²) < 4.78 is 12.1. The lowest BCUT2D eigenvalue weighted by atomic mass is 10.0. The Hall–Kier alpha value is -2.14. The first-order chi connectivity index (χ1) is 12.3. The average Bonchev–Trinajstić information content (AvgIpc) is 2.60. The number of amides is 2. The molecule has 1 heterocycles. The Morgan fingerprint density at radius 3 is 2.58 bits per heavy atom. The minimum Gasteiger partial charge on any atom is -0.320 e. The van der Waals surface area contributed by atoms with Crippen LogP contribution >= 0.6 is 0 Å². The van der Waals surface area contributed by atoms with Crippen LogP contribution in [0.15, 0.2) is 48.5 Å². The van der Waals surface area contributed by atoms with Crippen LogP contribution in [0, 0.1) is 0 Å². The van der Waals surface area contributed by atoms with Crippen LogP contribution < -0.4 is 5.32 Å². The summed E-state index contributed by atoms with van der Waals surface area (Å²) in [5.41, 5.74) is 4.25. The lowest BCUT2D eigenvalue weighted by Crippen LogP contribution is -2.38. The van der Waals surface area contributed by atoms with Crippen LogP contribution in [-0.2, 0) is 29.5 Å². The number of carbonyl (C=O) groups is 1. The number of fused-ring (bicyclic) bond motifs is 1. The molecule has 0 spiro atoms. The molecular weight excluding hydrogens is 344 g/mol. The Labute approximate surface area is 158 Å². The van der Waals surface area contributed by atoms with Gasteiger partial charge in [-0.05, 0) is 56.0 Å². The SMILES string of the molecule is CC(C)(C)S(=O)Cc1cccc(NC(=O)N2CCc3ccccc3C2)c1. The Morgan fingerprint density at radius 2 is 1.85 bits per heavy atom. The van der Waals surface area contributed by atoms with E-state index in [9.17, 15) is 9.00 Å². The van der Waals surface area contributed by atoms with Crippen molar-refractivity contribution in [1.29, 1.82) is 0 Å². The smallest absolute Gasteiger partial charge is 0.320 e. The molecule has 0 saturated heterocycles. The van der Waals surface area contributed by atoms with Crippen molar-refractivity contribution in [1.82, 2.24) is 4.90 Å². The molecule has 1 atom stereocenters. The molecule has 0 aromatic heterocycles. The normalized spacial score (nSPS) is 15.3. The van der Waals surface area contributed by atoms with Crippen molar-refractivity contribution in [3.05, 3.63) is 65.2 Å². The first-order valence-corrected chi connectivity index (χ1v) is 10.2. The van der Waals surface area contributed by atoms with Crippen LogP contribution in [0.2, 0.25) is 0 Å². The third-order valence-electron chi connectivity index (χ3n) is 4.58. The van der Waals surface area contributed by atoms with Gasteiger partial charge in [-0.15, -0.1) is 0 Å². The largest absolute Gasteiger partial charge is 0.322 e. The number of nitrogens with zero attached hydrogens (tertiary/aromatic N) is 1. The summed E-state index contributed by atoms with van der Waals surface area (Å²) in [5.74, 6) is 0.490. The number of benzene rings is 2. The fourth-order valence-electron chi connectivity index (χ4n) is 2.98. The molecule has 1 aliphatic heterocycles. The Bertz CT molecular complexity index is 827. The van der Waals surface area contributed by atoms with Crippen molar-refractivity contribution >= 4 is 22.5 Å². The van der Waals surface area contributed by atoms with Gasteiger partial charge in [-0.2, -0.15) is 0 Å². The third-order valence-corrected chi connectivity index (χ3v) is 6.54. The molecule has 1 unspecified atom stereocenters. The Kier molecular flexibility index (Phi) is 5.47. The monoisotopic (exact) mass is 370 g/mol. The van der Waals surface area contributed by atoms with Crippen LogP contribution in [0.3, 0.4) is 0 Å². The van der Waals surface area contributed by atoms with Crippen molar-refractivity contribution in [2.45, 2.75) is 44.2 Å². The van der Waals surface area contributed by atoms with Crippen molar-refractivity contribution in [3.63, 3.8) is 0 Å². The summed E-state index contributed by atoms with van der Waals surface area (Å²) in [6.07, 6.45) is 0.883. The zero-order chi connectivity index (χ0) is 18.7. The molecule has 26 heavy (non-hydrogen) atoms. The highest BCUT2D eigenvalue weighted by Gasteiger charge is 2.21. The maximum atomic E-state index is 12.6. The highest BCUT2D eigenvalue weighted by molar-refractivity contribution is 7.85. The standard InChI is InChI=1S/C21H26N2O2S/c1-21(2,3)26(25)15-16-7-6-10-19(13-16)22-20(24)23-12-11-17-8-4-5-9-18(17)14-23/h4-10,13H,11-12,14-15H2,1-3H3,(H,22,24). The number of rotatable bonds is 3. The number of nitrogens with one attached hydrogen (secondary N) is 1. The molecule has 0 aliphatic carbocycles. The van der Waals surface area contributed by atoms with E-state index in [0.29, 0.717) is 12.3 Å². The third kappa shape index (κ3) is 4.52. The van der Waals surface area contributed by atoms with Gasteiger partial charge in [0.05, 0.1) is 0 Å². The van der Waals surface area contributed by atoms with E-state index in [2.05, 4.69) is 17.4 Å². The molecule has 2 aromatic rings. The molecule has 1 aliphatic rings. The summed E-state index contributed by atoms with van der Waals surface area (Å²) in [5, 5.41) is 2.98. The second-order valence-corrected chi connectivity index (χ2v) is 9.88. The zero-order valence-electron chi connectivity index (χ0n) is 15.6. The fraction of sp³-hybridized carbons (Fsp3) is 0.381. The van der Waals surface area contributed by atoms with E-state index in [1.54, 1.807) is 0 Å². The van der Waals surface area contributed by atoms with Gasteiger partial charge in [-0.3, -0.25) is 4.21 Å². The molecule has 2 aromatic carbocycles. The first kappa shape index (κ1) is 18.6. The zero-order valence-corrected chi connectivity index (χ0v) is 16.4. The molecule has 5 heteroatoms. The summed E-state index contributed by atoms with van der Waals surface area (Å²) in [6, 6.07) is 15.8. The molecule has 0 radical (unpaired) electrons. The summed E-state index contributed by atoms with van der Waals surface area (Å²) in [7, 11) is -0.962. The second-order valence-electron chi connectivity index (χ2n) is 7.67. The number of urea groups is 1. The van der Waals surface area contributed by atoms with E-state index in [4.69, 9.17) is 0 Å². The van der Waals surface area contributed by atoms with Gasteiger partial charge in [0.25, 0.3) is 0 Å². The second kappa shape index (κ2) is 7.62. The van der Waals surface area contributed by atoms with Crippen molar-refractivity contribution in [3.8, 4) is 0 Å². The lowest BCUT2D eigenvalue weighted by molar-refractivity contribution is 0.206. The minimum atomic E-state index is -0.962. The van der Waals surface area contributed by atoms with Crippen molar-refractivity contribution in [2.75, 3.05) is 11.9 Å². The predicted molar refractivity (Wildman–Crippen MR) is 108 cm³/mol. The summed E-state index contributed by atoms with van der Waals surface area (Å²) in [6.45, 7) is 7.28. The van der Waals surface area contributed by atoms with E-state index in [1.807, 2.05) is 62.1 Å². The number of hydrogen-bond donors (Lipinski definition) is 1. The minimum absolute atomic E-state index is 0.0893. The maximum absolute atomic E-state index is 12.6. The van der Waals surface area contributed by atoms with Gasteiger partial charge in [-0.1, -0.05) is 36.4 Å². The molecule has 1 N–H and O–H groups in total. The van der Waals surface area contributed by atoms with E-state index >= 15 is 0 Å². The van der Waals surface area contributed by atoms with Gasteiger partial charge in [0.2, 0.25) is 0 Å². The number of anilines is 1. The molecule has 0 bridgehead atoms. The molecule has 0 fully saturated rings. The Morgan fingerprint density at radius 1 is 1.12 bits per heavy atom. The fourth-order valence-corrected chi connectivity index (χ4v) is 3.89. The average molecular weight is 371 g/mol. The first-order valence-electron chi connectivity index (χ1n) is 8.93. The lowest BCUT2D eigenvalue weighted by Gasteiger charge is -2.29. The van der Waals surface area contributed by atoms with Gasteiger partial charge >= 0.3 is 6.03 Å². The van der Waals surface area contributed by atoms with E-state index in [1.165, 1.54) is 11.1 Å². The predicted octanol–water partition coefficient (Wildman–Crippen LogP) is 4.32. The molecule has 0 saturated carbocycles. The van der Waals surface area contributed by atoms with Gasteiger partial charge in [0.1, 0.15) is 0 Å². The van der Waals surface area contributed by atoms with Crippen molar-refractivity contribution in [2.24, 2.45) is 0 Å². The van der Waals surface area contributed by atoms with E-state index < -0.39 is 10.8 Å². The van der Waals surface area contributed by atoms with Gasteiger partial charge < -0.3 is 10.2 Å². The van der Waals surface area contributed by atoms with Gasteiger partial charge in [-0.25, -0.2) is 4.79 Å². The maximum Gasteiger partial charge on any atom is 0.322 e. The van der Waals surface area contributed by atoms with Gasteiger partial charge in [0, 0.05) is 40.1 Å². The molecule has 138 valence electrons. The molecule has 4 nitrogen and oxygen atoms in total. The quantitative estimate of drug-likeness (QED) is 0.874. The molecule has 3 rings (SSSR count). The topological polar surface area (TPSA) is 49.4 Å². The molecular formula is C21H26N2O2S. The van der Waals surface area contributed by atoms with Crippen LogP contribution in [0.4, 0.5) is 10.5 Å². The number of hydrogen-bond acceptors (Lipinski definition) is 2. The number of carbonyl (C=O) groups excluding carboxylic acids is 1. The van der Waals surface area contributed by atoms with Crippen LogP contribution in [-0.4, -0.2) is 26.4 Å². The van der Waals surface area contributed by atoms with Gasteiger partial charge in [0.15, 0.2) is 0 Å². The van der Waals surface area contributed by atoms with E-state index in [0.717, 1.165) is 24.2 Å². The summed E-state index contributed by atoms with van der Waals surface area (Å²) in [4.78, 5) is 14.5. The van der Waals surface area contributed by atoms with Crippen LogP contribution in [0.5, 0.6) is 0 Å². The van der Waals surface area contributed by atoms with Crippen LogP contribution in [0.1, 0.15) is 37.5 Å². The Balaban J connectivity index is 1.65. The van der Waals surface area contributed by atoms with E-state index in [-0.39, 0.29) is 10.8 Å². The highest BCUT2D eigenvalue weighted by Crippen LogP contribution is 2.21. The van der Waals surface area contributed by atoms with Crippen LogP contribution in [0.25, 0.3) is 0 Å². The highest BCUT2D eigenvalue weighted by atomic mass is 32.2. The molecule has 2 amide bonds. The summed E-state index contributed by atoms with van der Waals surface area (Å²) >= 11 is 0.